The van der Waals surface area contributed by atoms with Crippen LogP contribution in [-0.2, 0) is 15.9 Å². The Morgan fingerprint density at radius 2 is 1.83 bits per heavy atom. The van der Waals surface area contributed by atoms with Crippen LogP contribution in [0.5, 0.6) is 5.75 Å². The Kier molecular flexibility index (Phi) is 8.41. The van der Waals surface area contributed by atoms with Crippen LogP contribution in [0.4, 0.5) is 15.3 Å². The molecule has 9 heteroatoms. The minimum absolute atomic E-state index is 0.136. The van der Waals surface area contributed by atoms with Gasteiger partial charge in [-0.05, 0) is 104 Å². The quantitative estimate of drug-likeness (QED) is 0.505. The standard InChI is InChI=1S/C27H42N4O5/c1-17-23(28)30-20-16-19-18(15-22(20)34-17)11-10-12-21(19)31(25(33)36-27(5,6)7)14-9-8-13-29-24(32)35-26(2,3)4/h15-17,21H,8-14H2,1-7H3,(H2,28,30)(H,29,32). The van der Waals surface area contributed by atoms with Gasteiger partial charge in [0.2, 0.25) is 0 Å². The molecule has 0 fully saturated rings. The molecule has 1 heterocycles. The maximum absolute atomic E-state index is 13.3. The molecule has 200 valence electrons. The zero-order chi connectivity index (χ0) is 26.7. The number of rotatable bonds is 6. The van der Waals surface area contributed by atoms with Crippen molar-refractivity contribution in [2.45, 2.75) is 104 Å². The van der Waals surface area contributed by atoms with Crippen molar-refractivity contribution < 1.29 is 23.8 Å². The van der Waals surface area contributed by atoms with E-state index in [1.165, 1.54) is 0 Å². The van der Waals surface area contributed by atoms with E-state index < -0.39 is 17.3 Å². The van der Waals surface area contributed by atoms with Crippen molar-refractivity contribution in [3.8, 4) is 5.75 Å². The van der Waals surface area contributed by atoms with E-state index in [0.29, 0.717) is 37.5 Å². The van der Waals surface area contributed by atoms with Crippen molar-refractivity contribution in [3.05, 3.63) is 23.3 Å². The van der Waals surface area contributed by atoms with Crippen molar-refractivity contribution in [3.63, 3.8) is 0 Å². The number of hydrogen-bond acceptors (Lipinski definition) is 7. The molecular formula is C27H42N4O5. The number of nitrogens with zero attached hydrogens (tertiary/aromatic N) is 2. The van der Waals surface area contributed by atoms with Gasteiger partial charge in [-0.1, -0.05) is 0 Å². The Labute approximate surface area is 214 Å². The Morgan fingerprint density at radius 1 is 1.14 bits per heavy atom. The smallest absolute Gasteiger partial charge is 0.410 e. The van der Waals surface area contributed by atoms with E-state index in [4.69, 9.17) is 19.9 Å². The van der Waals surface area contributed by atoms with Gasteiger partial charge in [-0.3, -0.25) is 0 Å². The minimum atomic E-state index is -0.607. The van der Waals surface area contributed by atoms with E-state index in [1.54, 1.807) is 0 Å². The molecule has 0 bridgehead atoms. The van der Waals surface area contributed by atoms with Crippen LogP contribution in [0.1, 0.15) is 91.3 Å². The summed E-state index contributed by atoms with van der Waals surface area (Å²) in [6.07, 6.45) is 3.07. The molecule has 0 saturated heterocycles. The fourth-order valence-corrected chi connectivity index (χ4v) is 4.39. The number of unbranched alkanes of at least 4 members (excludes halogenated alkanes) is 1. The topological polar surface area (TPSA) is 115 Å². The zero-order valence-electron chi connectivity index (χ0n) is 22.8. The molecule has 0 spiro atoms. The van der Waals surface area contributed by atoms with Gasteiger partial charge in [0.05, 0.1) is 6.04 Å². The highest BCUT2D eigenvalue weighted by atomic mass is 16.6. The second-order valence-corrected chi connectivity index (χ2v) is 11.5. The van der Waals surface area contributed by atoms with Gasteiger partial charge >= 0.3 is 12.2 Å². The van der Waals surface area contributed by atoms with E-state index in [0.717, 1.165) is 36.1 Å². The van der Waals surface area contributed by atoms with Gasteiger partial charge in [0.15, 0.2) is 6.10 Å². The average molecular weight is 503 g/mol. The van der Waals surface area contributed by atoms with Crippen LogP contribution < -0.4 is 15.8 Å². The highest BCUT2D eigenvalue weighted by molar-refractivity contribution is 5.90. The molecule has 2 aliphatic rings. The summed E-state index contributed by atoms with van der Waals surface area (Å²) in [7, 11) is 0. The van der Waals surface area contributed by atoms with E-state index >= 15 is 0 Å². The average Bonchev–Trinajstić information content (AvgIpc) is 2.73. The van der Waals surface area contributed by atoms with Crippen LogP contribution in [-0.4, -0.2) is 53.3 Å². The minimum Gasteiger partial charge on any atom is -0.481 e. The molecule has 9 nitrogen and oxygen atoms in total. The Morgan fingerprint density at radius 3 is 2.50 bits per heavy atom. The maximum Gasteiger partial charge on any atom is 0.410 e. The monoisotopic (exact) mass is 502 g/mol. The van der Waals surface area contributed by atoms with E-state index in [-0.39, 0.29) is 18.2 Å². The summed E-state index contributed by atoms with van der Waals surface area (Å²) in [4.78, 5) is 31.6. The van der Waals surface area contributed by atoms with Crippen molar-refractivity contribution in [1.29, 1.82) is 0 Å². The van der Waals surface area contributed by atoms with E-state index in [2.05, 4.69) is 10.3 Å². The molecule has 1 aromatic rings. The second kappa shape index (κ2) is 11.0. The summed E-state index contributed by atoms with van der Waals surface area (Å²) in [6.45, 7) is 14.0. The molecule has 1 aromatic carbocycles. The number of aryl methyl sites for hydroxylation is 1. The largest absolute Gasteiger partial charge is 0.481 e. The summed E-state index contributed by atoms with van der Waals surface area (Å²) >= 11 is 0. The molecule has 0 aromatic heterocycles. The first kappa shape index (κ1) is 27.6. The third-order valence-electron chi connectivity index (χ3n) is 5.97. The van der Waals surface area contributed by atoms with Gasteiger partial charge < -0.3 is 30.2 Å². The third-order valence-corrected chi connectivity index (χ3v) is 5.97. The zero-order valence-corrected chi connectivity index (χ0v) is 22.8. The molecule has 36 heavy (non-hydrogen) atoms. The molecule has 1 aliphatic heterocycles. The summed E-state index contributed by atoms with van der Waals surface area (Å²) in [5.74, 6) is 1.17. The predicted octanol–water partition coefficient (Wildman–Crippen LogP) is 5.38. The molecule has 2 amide bonds. The molecule has 2 atom stereocenters. The van der Waals surface area contributed by atoms with Gasteiger partial charge in [0.25, 0.3) is 0 Å². The van der Waals surface area contributed by atoms with Crippen LogP contribution in [0.2, 0.25) is 0 Å². The van der Waals surface area contributed by atoms with Gasteiger partial charge in [-0.2, -0.15) is 0 Å². The molecule has 0 radical (unpaired) electrons. The molecule has 2 unspecified atom stereocenters. The Balaban J connectivity index is 1.75. The summed E-state index contributed by atoms with van der Waals surface area (Å²) in [6, 6.07) is 3.92. The number of amides is 2. The molecule has 3 N–H and O–H groups in total. The number of alkyl carbamates (subject to hydrolysis) is 1. The fraction of sp³-hybridized carbons (Fsp3) is 0.667. The van der Waals surface area contributed by atoms with Crippen molar-refractivity contribution in [1.82, 2.24) is 10.2 Å². The number of nitrogens with one attached hydrogen (secondary N) is 1. The summed E-state index contributed by atoms with van der Waals surface area (Å²) in [5.41, 5.74) is 7.80. The summed E-state index contributed by atoms with van der Waals surface area (Å²) < 4.78 is 17.0. The lowest BCUT2D eigenvalue weighted by atomic mass is 9.86. The van der Waals surface area contributed by atoms with Crippen LogP contribution in [0.15, 0.2) is 17.1 Å². The number of carbonyl (C=O) groups excluding carboxylic acids is 2. The number of ether oxygens (including phenoxy) is 3. The van der Waals surface area contributed by atoms with Crippen molar-refractivity contribution >= 4 is 23.7 Å². The third kappa shape index (κ3) is 7.51. The van der Waals surface area contributed by atoms with Gasteiger partial charge in [0, 0.05) is 13.1 Å². The number of hydrogen-bond donors (Lipinski definition) is 2. The lowest BCUT2D eigenvalue weighted by Crippen LogP contribution is -2.41. The van der Waals surface area contributed by atoms with Gasteiger partial charge in [0.1, 0.15) is 28.5 Å². The molecular weight excluding hydrogens is 460 g/mol. The first-order valence-electron chi connectivity index (χ1n) is 12.9. The van der Waals surface area contributed by atoms with E-state index in [9.17, 15) is 9.59 Å². The van der Waals surface area contributed by atoms with Crippen molar-refractivity contribution in [2.75, 3.05) is 13.1 Å². The molecule has 1 aliphatic carbocycles. The van der Waals surface area contributed by atoms with Crippen LogP contribution in [0.25, 0.3) is 0 Å². The Hall–Kier alpha value is -2.97. The predicted molar refractivity (Wildman–Crippen MR) is 140 cm³/mol. The Bertz CT molecular complexity index is 993. The first-order chi connectivity index (χ1) is 16.7. The van der Waals surface area contributed by atoms with E-state index in [1.807, 2.05) is 65.5 Å². The normalized spacial score (nSPS) is 19.2. The van der Waals surface area contributed by atoms with Gasteiger partial charge in [-0.15, -0.1) is 0 Å². The summed E-state index contributed by atoms with van der Waals surface area (Å²) in [5, 5.41) is 2.78. The number of fused-ring (bicyclic) bond motifs is 2. The highest BCUT2D eigenvalue weighted by Gasteiger charge is 2.33. The molecule has 3 rings (SSSR count). The SMILES string of the molecule is CC1Oc2cc3c(cc2N=C1N)C(N(CCCCNC(=O)OC(C)(C)C)C(=O)OC(C)(C)C)CCC3. The first-order valence-corrected chi connectivity index (χ1v) is 12.9. The number of carbonyl (C=O) groups is 2. The lowest BCUT2D eigenvalue weighted by Gasteiger charge is -2.37. The van der Waals surface area contributed by atoms with Crippen LogP contribution in [0.3, 0.4) is 0 Å². The van der Waals surface area contributed by atoms with Crippen LogP contribution >= 0.6 is 0 Å². The van der Waals surface area contributed by atoms with Crippen molar-refractivity contribution in [2.24, 2.45) is 10.7 Å². The second-order valence-electron chi connectivity index (χ2n) is 11.5. The number of amidine groups is 1. The fourth-order valence-electron chi connectivity index (χ4n) is 4.39. The van der Waals surface area contributed by atoms with Crippen LogP contribution in [0, 0.1) is 0 Å². The lowest BCUT2D eigenvalue weighted by molar-refractivity contribution is 0.0134. The maximum atomic E-state index is 13.3. The number of benzene rings is 1. The van der Waals surface area contributed by atoms with Gasteiger partial charge in [-0.25, -0.2) is 14.6 Å². The number of nitrogens with two attached hydrogens (primary N) is 1. The molecule has 0 saturated carbocycles. The number of aliphatic imine (C=N–C) groups is 1. The highest BCUT2D eigenvalue weighted by Crippen LogP contribution is 2.42.